The van der Waals surface area contributed by atoms with Gasteiger partial charge in [0.05, 0.1) is 13.2 Å². The molecule has 1 aromatic carbocycles. The maximum Gasteiger partial charge on any atom is 0.126 e. The number of halogens is 1. The highest BCUT2D eigenvalue weighted by molar-refractivity contribution is 5.32. The molecular weight excluding hydrogens is 245 g/mol. The van der Waals surface area contributed by atoms with Crippen molar-refractivity contribution in [3.8, 4) is 5.75 Å². The summed E-state index contributed by atoms with van der Waals surface area (Å²) in [5.41, 5.74) is 0.602. The fourth-order valence-corrected chi connectivity index (χ4v) is 2.03. The Kier molecular flexibility index (Phi) is 4.42. The highest BCUT2D eigenvalue weighted by atomic mass is 19.1. The molecule has 1 aromatic rings. The smallest absolute Gasteiger partial charge is 0.126 e. The molecule has 4 heteroatoms. The largest absolute Gasteiger partial charge is 0.493 e. The van der Waals surface area contributed by atoms with Gasteiger partial charge in [-0.2, -0.15) is 0 Å². The van der Waals surface area contributed by atoms with Gasteiger partial charge in [0.25, 0.3) is 0 Å². The summed E-state index contributed by atoms with van der Waals surface area (Å²) in [7, 11) is 0. The van der Waals surface area contributed by atoms with Gasteiger partial charge in [-0.25, -0.2) is 4.39 Å². The highest BCUT2D eigenvalue weighted by Gasteiger charge is 2.31. The van der Waals surface area contributed by atoms with Gasteiger partial charge in [-0.3, -0.25) is 0 Å². The number of ether oxygens (including phenoxy) is 1. The average Bonchev–Trinajstić information content (AvgIpc) is 3.17. The monoisotopic (exact) mass is 267 g/mol. The fourth-order valence-electron chi connectivity index (χ4n) is 2.03. The summed E-state index contributed by atoms with van der Waals surface area (Å²) in [5.74, 6) is 0.285. The van der Waals surface area contributed by atoms with Crippen molar-refractivity contribution in [3.63, 3.8) is 0 Å². The summed E-state index contributed by atoms with van der Waals surface area (Å²) < 4.78 is 18.7. The molecule has 0 bridgehead atoms. The van der Waals surface area contributed by atoms with Crippen LogP contribution in [0.25, 0.3) is 0 Å². The quantitative estimate of drug-likeness (QED) is 0.797. The summed E-state index contributed by atoms with van der Waals surface area (Å²) >= 11 is 0. The van der Waals surface area contributed by atoms with E-state index >= 15 is 0 Å². The van der Waals surface area contributed by atoms with E-state index in [4.69, 9.17) is 4.74 Å². The normalized spacial score (nSPS) is 18.1. The second kappa shape index (κ2) is 5.88. The molecule has 19 heavy (non-hydrogen) atoms. The summed E-state index contributed by atoms with van der Waals surface area (Å²) in [6.07, 6.45) is 3.05. The van der Waals surface area contributed by atoms with Gasteiger partial charge in [-0.05, 0) is 38.3 Å². The van der Waals surface area contributed by atoms with E-state index in [0.29, 0.717) is 24.8 Å². The Hall–Kier alpha value is -1.13. The molecule has 0 aliphatic heterocycles. The predicted octanol–water partition coefficient (Wildman–Crippen LogP) is 2.41. The van der Waals surface area contributed by atoms with Gasteiger partial charge in [-0.1, -0.05) is 6.07 Å². The van der Waals surface area contributed by atoms with Crippen LogP contribution in [0.15, 0.2) is 18.2 Å². The molecule has 3 nitrogen and oxygen atoms in total. The number of aliphatic hydroxyl groups is 1. The third kappa shape index (κ3) is 4.18. The van der Waals surface area contributed by atoms with Crippen LogP contribution < -0.4 is 10.1 Å². The van der Waals surface area contributed by atoms with Crippen molar-refractivity contribution in [3.05, 3.63) is 29.6 Å². The molecule has 1 aliphatic carbocycles. The number of aliphatic hydroxyl groups excluding tert-OH is 1. The summed E-state index contributed by atoms with van der Waals surface area (Å²) in [5, 5.41) is 12.9. The summed E-state index contributed by atoms with van der Waals surface area (Å²) in [4.78, 5) is 0. The lowest BCUT2D eigenvalue weighted by atomic mass is 9.99. The molecule has 1 aliphatic rings. The summed E-state index contributed by atoms with van der Waals surface area (Å²) in [6.45, 7) is 4.42. The van der Waals surface area contributed by atoms with Gasteiger partial charge in [0.1, 0.15) is 11.6 Å². The number of benzene rings is 1. The number of nitrogens with one attached hydrogen (secondary N) is 1. The molecule has 106 valence electrons. The molecule has 2 rings (SSSR count). The van der Waals surface area contributed by atoms with E-state index in [9.17, 15) is 9.50 Å². The fraction of sp³-hybridized carbons (Fsp3) is 0.600. The van der Waals surface area contributed by atoms with Gasteiger partial charge < -0.3 is 15.2 Å². The Morgan fingerprint density at radius 3 is 2.84 bits per heavy atom. The van der Waals surface area contributed by atoms with Crippen molar-refractivity contribution < 1.29 is 14.2 Å². The minimum Gasteiger partial charge on any atom is -0.493 e. The molecule has 1 atom stereocenters. The number of hydrogen-bond donors (Lipinski definition) is 2. The first kappa shape index (κ1) is 14.3. The van der Waals surface area contributed by atoms with E-state index in [1.54, 1.807) is 6.07 Å². The SMILES string of the molecule is Cc1ccc(F)cc1OCCC(C)(CO)NC1CC1. The van der Waals surface area contributed by atoms with Crippen molar-refractivity contribution in [1.29, 1.82) is 0 Å². The van der Waals surface area contributed by atoms with Gasteiger partial charge in [-0.15, -0.1) is 0 Å². The van der Waals surface area contributed by atoms with Crippen LogP contribution in [0.1, 0.15) is 31.7 Å². The Bertz CT molecular complexity index is 434. The van der Waals surface area contributed by atoms with E-state index in [0.717, 1.165) is 5.56 Å². The van der Waals surface area contributed by atoms with Crippen LogP contribution >= 0.6 is 0 Å². The zero-order valence-corrected chi connectivity index (χ0v) is 11.6. The molecule has 0 heterocycles. The van der Waals surface area contributed by atoms with Crippen LogP contribution in [-0.4, -0.2) is 29.9 Å². The molecule has 1 fully saturated rings. The first-order chi connectivity index (χ1) is 9.02. The van der Waals surface area contributed by atoms with E-state index < -0.39 is 0 Å². The Labute approximate surface area is 113 Å². The van der Waals surface area contributed by atoms with Crippen LogP contribution in [-0.2, 0) is 0 Å². The molecule has 1 saturated carbocycles. The highest BCUT2D eigenvalue weighted by Crippen LogP contribution is 2.24. The van der Waals surface area contributed by atoms with Crippen LogP contribution in [0.4, 0.5) is 4.39 Å². The van der Waals surface area contributed by atoms with E-state index in [1.807, 2.05) is 13.8 Å². The third-order valence-electron chi connectivity index (χ3n) is 3.54. The van der Waals surface area contributed by atoms with Gasteiger partial charge in [0.2, 0.25) is 0 Å². The maximum absolute atomic E-state index is 13.1. The topological polar surface area (TPSA) is 41.5 Å². The molecule has 2 N–H and O–H groups in total. The Balaban J connectivity index is 1.85. The lowest BCUT2D eigenvalue weighted by Gasteiger charge is -2.29. The first-order valence-corrected chi connectivity index (χ1v) is 6.80. The minimum atomic E-state index is -0.317. The molecular formula is C15H22FNO2. The Morgan fingerprint density at radius 1 is 1.47 bits per heavy atom. The second-order valence-corrected chi connectivity index (χ2v) is 5.65. The maximum atomic E-state index is 13.1. The zero-order chi connectivity index (χ0) is 13.9. The minimum absolute atomic E-state index is 0.0784. The second-order valence-electron chi connectivity index (χ2n) is 5.65. The number of rotatable bonds is 7. The van der Waals surface area contributed by atoms with Gasteiger partial charge in [0, 0.05) is 24.1 Å². The van der Waals surface area contributed by atoms with Crippen molar-refractivity contribution in [2.75, 3.05) is 13.2 Å². The standard InChI is InChI=1S/C15H22FNO2/c1-11-3-4-12(16)9-14(11)19-8-7-15(2,10-18)17-13-5-6-13/h3-4,9,13,17-18H,5-8,10H2,1-2H3. The van der Waals surface area contributed by atoms with Crippen molar-refractivity contribution in [1.82, 2.24) is 5.32 Å². The number of hydrogen-bond acceptors (Lipinski definition) is 3. The van der Waals surface area contributed by atoms with Crippen molar-refractivity contribution >= 4 is 0 Å². The lowest BCUT2D eigenvalue weighted by Crippen LogP contribution is -2.48. The van der Waals surface area contributed by atoms with Crippen LogP contribution in [0.2, 0.25) is 0 Å². The first-order valence-electron chi connectivity index (χ1n) is 6.80. The van der Waals surface area contributed by atoms with E-state index in [2.05, 4.69) is 5.32 Å². The van der Waals surface area contributed by atoms with E-state index in [1.165, 1.54) is 25.0 Å². The molecule has 1 unspecified atom stereocenters. The third-order valence-corrected chi connectivity index (χ3v) is 3.54. The lowest BCUT2D eigenvalue weighted by molar-refractivity contribution is 0.142. The molecule has 0 saturated heterocycles. The molecule has 0 spiro atoms. The molecule has 0 radical (unpaired) electrons. The Morgan fingerprint density at radius 2 is 2.21 bits per heavy atom. The predicted molar refractivity (Wildman–Crippen MR) is 72.9 cm³/mol. The van der Waals surface area contributed by atoms with E-state index in [-0.39, 0.29) is 18.0 Å². The van der Waals surface area contributed by atoms with Crippen LogP contribution in [0.5, 0.6) is 5.75 Å². The number of aryl methyl sites for hydroxylation is 1. The van der Waals surface area contributed by atoms with Crippen LogP contribution in [0.3, 0.4) is 0 Å². The summed E-state index contributed by atoms with van der Waals surface area (Å²) in [6, 6.07) is 5.07. The van der Waals surface area contributed by atoms with Crippen LogP contribution in [0, 0.1) is 12.7 Å². The van der Waals surface area contributed by atoms with Gasteiger partial charge in [0.15, 0.2) is 0 Å². The average molecular weight is 267 g/mol. The zero-order valence-electron chi connectivity index (χ0n) is 11.6. The molecule has 0 aromatic heterocycles. The molecule has 0 amide bonds. The van der Waals surface area contributed by atoms with Crippen molar-refractivity contribution in [2.45, 2.75) is 44.7 Å². The van der Waals surface area contributed by atoms with Crippen molar-refractivity contribution in [2.24, 2.45) is 0 Å². The van der Waals surface area contributed by atoms with Gasteiger partial charge >= 0.3 is 0 Å².